The zero-order valence-electron chi connectivity index (χ0n) is 12.4. The van der Waals surface area contributed by atoms with E-state index in [2.05, 4.69) is 0 Å². The van der Waals surface area contributed by atoms with Crippen molar-refractivity contribution in [1.29, 1.82) is 0 Å². The largest absolute Gasteiger partial charge is 0.375 e. The number of piperidine rings is 1. The van der Waals surface area contributed by atoms with Gasteiger partial charge >= 0.3 is 0 Å². The van der Waals surface area contributed by atoms with Gasteiger partial charge in [0.2, 0.25) is 10.0 Å². The average Bonchev–Trinajstić information content (AvgIpc) is 2.39. The minimum Gasteiger partial charge on any atom is -0.375 e. The molecule has 4 nitrogen and oxygen atoms in total. The average molecular weight is 297 g/mol. The number of sulfonamides is 1. The molecule has 1 saturated heterocycles. The maximum absolute atomic E-state index is 12.5. The summed E-state index contributed by atoms with van der Waals surface area (Å²) in [5, 5.41) is 0. The molecule has 0 spiro atoms. The van der Waals surface area contributed by atoms with Crippen LogP contribution in [0.15, 0.2) is 29.2 Å². The number of hydrogen-bond acceptors (Lipinski definition) is 3. The van der Waals surface area contributed by atoms with Crippen molar-refractivity contribution in [3.63, 3.8) is 0 Å². The fraction of sp³-hybridized carbons (Fsp3) is 0.600. The monoisotopic (exact) mass is 297 g/mol. The first-order valence-corrected chi connectivity index (χ1v) is 8.56. The quantitative estimate of drug-likeness (QED) is 0.858. The Hall–Kier alpha value is -0.910. The standard InChI is InChI=1S/C15H23NO3S/c1-12(2)19-14-8-10-16(11-9-14)20(17,18)15-6-4-13(3)5-7-15/h4-7,12,14H,8-11H2,1-3H3. The molecule has 0 aromatic heterocycles. The molecule has 0 N–H and O–H groups in total. The molecule has 1 aromatic carbocycles. The minimum absolute atomic E-state index is 0.180. The molecule has 0 atom stereocenters. The Balaban J connectivity index is 2.04. The van der Waals surface area contributed by atoms with E-state index in [1.807, 2.05) is 32.9 Å². The van der Waals surface area contributed by atoms with Crippen molar-refractivity contribution in [2.75, 3.05) is 13.1 Å². The summed E-state index contributed by atoms with van der Waals surface area (Å²) in [4.78, 5) is 0.381. The van der Waals surface area contributed by atoms with Crippen LogP contribution in [0.2, 0.25) is 0 Å². The van der Waals surface area contributed by atoms with Crippen LogP contribution in [0.4, 0.5) is 0 Å². The number of nitrogens with zero attached hydrogens (tertiary/aromatic N) is 1. The fourth-order valence-electron chi connectivity index (χ4n) is 2.45. The third-order valence-corrected chi connectivity index (χ3v) is 5.44. The SMILES string of the molecule is Cc1ccc(S(=O)(=O)N2CCC(OC(C)C)CC2)cc1. The molecule has 1 aromatic rings. The van der Waals surface area contributed by atoms with Crippen molar-refractivity contribution in [1.82, 2.24) is 4.31 Å². The molecule has 0 radical (unpaired) electrons. The molecule has 0 bridgehead atoms. The number of hydrogen-bond donors (Lipinski definition) is 0. The van der Waals surface area contributed by atoms with Crippen LogP contribution in [-0.2, 0) is 14.8 Å². The molecule has 20 heavy (non-hydrogen) atoms. The van der Waals surface area contributed by atoms with Gasteiger partial charge in [0.15, 0.2) is 0 Å². The Morgan fingerprint density at radius 2 is 1.70 bits per heavy atom. The summed E-state index contributed by atoms with van der Waals surface area (Å²) in [6.07, 6.45) is 1.91. The van der Waals surface area contributed by atoms with Gasteiger partial charge in [0.25, 0.3) is 0 Å². The van der Waals surface area contributed by atoms with Gasteiger partial charge in [-0.3, -0.25) is 0 Å². The number of ether oxygens (including phenoxy) is 1. The van der Waals surface area contributed by atoms with Crippen molar-refractivity contribution in [3.8, 4) is 0 Å². The first-order chi connectivity index (χ1) is 9.39. The Bertz CT molecular complexity index is 529. The molecular weight excluding hydrogens is 274 g/mol. The number of rotatable bonds is 4. The number of aryl methyl sites for hydroxylation is 1. The van der Waals surface area contributed by atoms with E-state index in [0.29, 0.717) is 18.0 Å². The molecule has 0 unspecified atom stereocenters. The van der Waals surface area contributed by atoms with Crippen LogP contribution in [0.5, 0.6) is 0 Å². The summed E-state index contributed by atoms with van der Waals surface area (Å²) in [7, 11) is -3.35. The third-order valence-electron chi connectivity index (χ3n) is 3.52. The van der Waals surface area contributed by atoms with Crippen molar-refractivity contribution in [3.05, 3.63) is 29.8 Å². The normalized spacial score (nSPS) is 18.6. The topological polar surface area (TPSA) is 46.6 Å². The van der Waals surface area contributed by atoms with E-state index in [9.17, 15) is 8.42 Å². The van der Waals surface area contributed by atoms with Gasteiger partial charge in [-0.15, -0.1) is 0 Å². The van der Waals surface area contributed by atoms with Gasteiger partial charge in [0, 0.05) is 13.1 Å². The van der Waals surface area contributed by atoms with E-state index in [0.717, 1.165) is 18.4 Å². The Labute approximate surface area is 121 Å². The highest BCUT2D eigenvalue weighted by Crippen LogP contribution is 2.22. The Morgan fingerprint density at radius 1 is 1.15 bits per heavy atom. The summed E-state index contributed by atoms with van der Waals surface area (Å²) in [6, 6.07) is 7.03. The Kier molecular flexibility index (Phi) is 4.83. The highest BCUT2D eigenvalue weighted by atomic mass is 32.2. The molecule has 1 aliphatic rings. The molecule has 5 heteroatoms. The third kappa shape index (κ3) is 3.59. The lowest BCUT2D eigenvalue weighted by molar-refractivity contribution is -0.0168. The molecule has 1 fully saturated rings. The van der Waals surface area contributed by atoms with Crippen molar-refractivity contribution >= 4 is 10.0 Å². The first-order valence-electron chi connectivity index (χ1n) is 7.12. The zero-order chi connectivity index (χ0) is 14.8. The molecule has 0 saturated carbocycles. The summed E-state index contributed by atoms with van der Waals surface area (Å²) in [5.41, 5.74) is 1.06. The van der Waals surface area contributed by atoms with E-state index >= 15 is 0 Å². The second kappa shape index (κ2) is 6.24. The van der Waals surface area contributed by atoms with Crippen LogP contribution in [0.25, 0.3) is 0 Å². The minimum atomic E-state index is -3.35. The molecule has 2 rings (SSSR count). The smallest absolute Gasteiger partial charge is 0.243 e. The van der Waals surface area contributed by atoms with Gasteiger partial charge in [-0.1, -0.05) is 17.7 Å². The zero-order valence-corrected chi connectivity index (χ0v) is 13.2. The molecule has 0 aliphatic carbocycles. The molecular formula is C15H23NO3S. The van der Waals surface area contributed by atoms with Gasteiger partial charge in [-0.2, -0.15) is 4.31 Å². The van der Waals surface area contributed by atoms with Crippen LogP contribution in [0.3, 0.4) is 0 Å². The molecule has 1 heterocycles. The lowest BCUT2D eigenvalue weighted by atomic mass is 10.1. The number of benzene rings is 1. The van der Waals surface area contributed by atoms with Gasteiger partial charge in [-0.25, -0.2) is 8.42 Å². The highest BCUT2D eigenvalue weighted by Gasteiger charge is 2.29. The van der Waals surface area contributed by atoms with Crippen LogP contribution >= 0.6 is 0 Å². The predicted octanol–water partition coefficient (Wildman–Crippen LogP) is 2.57. The van der Waals surface area contributed by atoms with Gasteiger partial charge in [0.05, 0.1) is 17.1 Å². The summed E-state index contributed by atoms with van der Waals surface area (Å²) >= 11 is 0. The van der Waals surface area contributed by atoms with Gasteiger partial charge < -0.3 is 4.74 Å². The summed E-state index contributed by atoms with van der Waals surface area (Å²) in [5.74, 6) is 0. The van der Waals surface area contributed by atoms with Gasteiger partial charge in [0.1, 0.15) is 0 Å². The second-order valence-electron chi connectivity index (χ2n) is 5.60. The van der Waals surface area contributed by atoms with Crippen molar-refractivity contribution in [2.45, 2.75) is 50.7 Å². The molecule has 112 valence electrons. The Morgan fingerprint density at radius 3 is 2.20 bits per heavy atom. The van der Waals surface area contributed by atoms with E-state index < -0.39 is 10.0 Å². The van der Waals surface area contributed by atoms with E-state index in [1.165, 1.54) is 0 Å². The predicted molar refractivity (Wildman–Crippen MR) is 79.2 cm³/mol. The first kappa shape index (κ1) is 15.5. The summed E-state index contributed by atoms with van der Waals surface area (Å²) in [6.45, 7) is 7.04. The van der Waals surface area contributed by atoms with Crippen LogP contribution in [0, 0.1) is 6.92 Å². The fourth-order valence-corrected chi connectivity index (χ4v) is 3.92. The highest BCUT2D eigenvalue weighted by molar-refractivity contribution is 7.89. The van der Waals surface area contributed by atoms with E-state index in [4.69, 9.17) is 4.74 Å². The van der Waals surface area contributed by atoms with Crippen molar-refractivity contribution in [2.24, 2.45) is 0 Å². The van der Waals surface area contributed by atoms with Crippen LogP contribution in [0.1, 0.15) is 32.3 Å². The van der Waals surface area contributed by atoms with E-state index in [-0.39, 0.29) is 12.2 Å². The summed E-state index contributed by atoms with van der Waals surface area (Å²) < 4.78 is 32.3. The maximum atomic E-state index is 12.5. The van der Waals surface area contributed by atoms with Crippen LogP contribution in [-0.4, -0.2) is 38.0 Å². The van der Waals surface area contributed by atoms with Gasteiger partial charge in [-0.05, 0) is 45.7 Å². The maximum Gasteiger partial charge on any atom is 0.243 e. The van der Waals surface area contributed by atoms with Crippen molar-refractivity contribution < 1.29 is 13.2 Å². The second-order valence-corrected chi connectivity index (χ2v) is 7.54. The molecule has 1 aliphatic heterocycles. The van der Waals surface area contributed by atoms with Crippen LogP contribution < -0.4 is 0 Å². The van der Waals surface area contributed by atoms with E-state index in [1.54, 1.807) is 16.4 Å². The lowest BCUT2D eigenvalue weighted by Gasteiger charge is -2.32. The lowest BCUT2D eigenvalue weighted by Crippen LogP contribution is -2.41. The molecule has 0 amide bonds.